The summed E-state index contributed by atoms with van der Waals surface area (Å²) in [6, 6.07) is 0.549. The number of carbonyl (C=O) groups excluding carboxylic acids is 1. The number of likely N-dealkylation sites (N-methyl/N-ethyl adjacent to an activating group) is 1. The van der Waals surface area contributed by atoms with Crippen LogP contribution in [0.1, 0.15) is 39.0 Å². The lowest BCUT2D eigenvalue weighted by atomic mass is 10.2. The van der Waals surface area contributed by atoms with Gasteiger partial charge < -0.3 is 20.4 Å². The minimum absolute atomic E-state index is 0. The zero-order valence-corrected chi connectivity index (χ0v) is 17.7. The van der Waals surface area contributed by atoms with Crippen LogP contribution in [0.4, 0.5) is 0 Å². The number of nitrogens with zero attached hydrogens (tertiary/aromatic N) is 3. The quantitative estimate of drug-likeness (QED) is 0.242. The molecule has 24 heavy (non-hydrogen) atoms. The van der Waals surface area contributed by atoms with Crippen molar-refractivity contribution >= 4 is 35.8 Å². The summed E-state index contributed by atoms with van der Waals surface area (Å²) < 4.78 is 0. The van der Waals surface area contributed by atoms with Gasteiger partial charge in [-0.15, -0.1) is 24.0 Å². The summed E-state index contributed by atoms with van der Waals surface area (Å²) in [5.74, 6) is 2.02. The molecule has 140 valence electrons. The van der Waals surface area contributed by atoms with E-state index < -0.39 is 0 Å². The van der Waals surface area contributed by atoms with Crippen molar-refractivity contribution in [2.24, 2.45) is 10.9 Å². The molecule has 0 aromatic carbocycles. The molecule has 1 heterocycles. The molecule has 2 aliphatic rings. The van der Waals surface area contributed by atoms with Gasteiger partial charge in [0, 0.05) is 38.6 Å². The largest absolute Gasteiger partial charge is 0.357 e. The maximum absolute atomic E-state index is 11.6. The SMILES string of the molecule is CCNC(=NCC(C1CC1)N(C)C)NCCCN1CCCC1=O.I. The van der Waals surface area contributed by atoms with E-state index in [9.17, 15) is 4.79 Å². The molecule has 0 bridgehead atoms. The maximum atomic E-state index is 11.6. The van der Waals surface area contributed by atoms with Gasteiger partial charge in [0.2, 0.25) is 5.91 Å². The highest BCUT2D eigenvalue weighted by molar-refractivity contribution is 14.0. The van der Waals surface area contributed by atoms with E-state index in [4.69, 9.17) is 4.99 Å². The molecule has 1 amide bonds. The van der Waals surface area contributed by atoms with Crippen molar-refractivity contribution in [3.8, 4) is 0 Å². The highest BCUT2D eigenvalue weighted by atomic mass is 127. The topological polar surface area (TPSA) is 60.0 Å². The van der Waals surface area contributed by atoms with E-state index in [0.29, 0.717) is 11.9 Å². The van der Waals surface area contributed by atoms with E-state index in [1.54, 1.807) is 0 Å². The van der Waals surface area contributed by atoms with Crippen LogP contribution >= 0.6 is 24.0 Å². The van der Waals surface area contributed by atoms with Crippen molar-refractivity contribution in [2.45, 2.75) is 45.1 Å². The van der Waals surface area contributed by atoms with Crippen LogP contribution in [0.3, 0.4) is 0 Å². The summed E-state index contributed by atoms with van der Waals surface area (Å²) in [6.07, 6.45) is 5.39. The Hall–Kier alpha value is -0.570. The number of hydrogen-bond acceptors (Lipinski definition) is 3. The van der Waals surface area contributed by atoms with Gasteiger partial charge in [0.25, 0.3) is 0 Å². The van der Waals surface area contributed by atoms with Crippen LogP contribution < -0.4 is 10.6 Å². The fourth-order valence-corrected chi connectivity index (χ4v) is 3.16. The van der Waals surface area contributed by atoms with Crippen molar-refractivity contribution in [1.82, 2.24) is 20.4 Å². The molecule has 0 spiro atoms. The second-order valence-corrected chi connectivity index (χ2v) is 6.85. The first kappa shape index (κ1) is 21.5. The van der Waals surface area contributed by atoms with Crippen molar-refractivity contribution in [3.63, 3.8) is 0 Å². The fraction of sp³-hybridized carbons (Fsp3) is 0.882. The lowest BCUT2D eigenvalue weighted by Crippen LogP contribution is -2.40. The summed E-state index contributed by atoms with van der Waals surface area (Å²) >= 11 is 0. The van der Waals surface area contributed by atoms with E-state index in [2.05, 4.69) is 36.6 Å². The second kappa shape index (κ2) is 11.1. The van der Waals surface area contributed by atoms with Gasteiger partial charge in [-0.1, -0.05) is 0 Å². The first-order valence-corrected chi connectivity index (χ1v) is 9.08. The van der Waals surface area contributed by atoms with Crippen LogP contribution in [-0.2, 0) is 4.79 Å². The van der Waals surface area contributed by atoms with Crippen LogP contribution in [0.2, 0.25) is 0 Å². The van der Waals surface area contributed by atoms with E-state index in [0.717, 1.165) is 63.9 Å². The molecular formula is C17H34IN5O. The number of rotatable bonds is 9. The Morgan fingerprint density at radius 3 is 2.67 bits per heavy atom. The van der Waals surface area contributed by atoms with E-state index in [1.807, 2.05) is 4.90 Å². The van der Waals surface area contributed by atoms with Crippen LogP contribution in [0.15, 0.2) is 4.99 Å². The van der Waals surface area contributed by atoms with Gasteiger partial charge in [-0.25, -0.2) is 0 Å². The molecule has 1 saturated heterocycles. The second-order valence-electron chi connectivity index (χ2n) is 6.85. The molecule has 6 nitrogen and oxygen atoms in total. The van der Waals surface area contributed by atoms with Gasteiger partial charge in [0.05, 0.1) is 6.54 Å². The Kier molecular flexibility index (Phi) is 9.95. The zero-order chi connectivity index (χ0) is 16.7. The molecule has 1 aliphatic heterocycles. The number of guanidine groups is 1. The van der Waals surface area contributed by atoms with Crippen molar-refractivity contribution in [2.75, 3.05) is 46.8 Å². The molecule has 1 aliphatic carbocycles. The predicted octanol–water partition coefficient (Wildman–Crippen LogP) is 1.51. The summed E-state index contributed by atoms with van der Waals surface area (Å²) in [4.78, 5) is 20.6. The van der Waals surface area contributed by atoms with Crippen molar-refractivity contribution in [3.05, 3.63) is 0 Å². The molecule has 7 heteroatoms. The van der Waals surface area contributed by atoms with Gasteiger partial charge in [-0.05, 0) is 52.6 Å². The van der Waals surface area contributed by atoms with Gasteiger partial charge in [-0.3, -0.25) is 9.79 Å². The highest BCUT2D eigenvalue weighted by Gasteiger charge is 2.32. The smallest absolute Gasteiger partial charge is 0.222 e. The third-order valence-electron chi connectivity index (χ3n) is 4.68. The maximum Gasteiger partial charge on any atom is 0.222 e. The number of nitrogens with one attached hydrogen (secondary N) is 2. The lowest BCUT2D eigenvalue weighted by molar-refractivity contribution is -0.127. The molecule has 0 aromatic heterocycles. The first-order valence-electron chi connectivity index (χ1n) is 9.08. The first-order chi connectivity index (χ1) is 11.1. The molecular weight excluding hydrogens is 417 g/mol. The monoisotopic (exact) mass is 451 g/mol. The predicted molar refractivity (Wildman–Crippen MR) is 110 cm³/mol. The zero-order valence-electron chi connectivity index (χ0n) is 15.4. The van der Waals surface area contributed by atoms with Crippen LogP contribution in [0.25, 0.3) is 0 Å². The van der Waals surface area contributed by atoms with Crippen molar-refractivity contribution in [1.29, 1.82) is 0 Å². The molecule has 0 radical (unpaired) electrons. The van der Waals surface area contributed by atoms with Crippen LogP contribution in [0, 0.1) is 5.92 Å². The molecule has 2 fully saturated rings. The Morgan fingerprint density at radius 2 is 2.12 bits per heavy atom. The van der Waals surface area contributed by atoms with Crippen LogP contribution in [0.5, 0.6) is 0 Å². The third-order valence-corrected chi connectivity index (χ3v) is 4.68. The average molecular weight is 451 g/mol. The molecule has 1 saturated carbocycles. The number of amides is 1. The fourth-order valence-electron chi connectivity index (χ4n) is 3.16. The minimum atomic E-state index is 0. The number of likely N-dealkylation sites (tertiary alicyclic amines) is 1. The average Bonchev–Trinajstić information content (AvgIpc) is 3.26. The minimum Gasteiger partial charge on any atom is -0.357 e. The van der Waals surface area contributed by atoms with E-state index in [1.165, 1.54) is 12.8 Å². The summed E-state index contributed by atoms with van der Waals surface area (Å²) in [5.41, 5.74) is 0. The Bertz CT molecular complexity index is 410. The number of aliphatic imine (C=N–C) groups is 1. The summed E-state index contributed by atoms with van der Waals surface area (Å²) in [7, 11) is 4.29. The highest BCUT2D eigenvalue weighted by Crippen LogP contribution is 2.34. The Labute approximate surface area is 163 Å². The summed E-state index contributed by atoms with van der Waals surface area (Å²) in [5, 5.41) is 6.71. The molecule has 0 aromatic rings. The van der Waals surface area contributed by atoms with Gasteiger partial charge in [-0.2, -0.15) is 0 Å². The Balaban J connectivity index is 0.00000288. The van der Waals surface area contributed by atoms with Crippen molar-refractivity contribution < 1.29 is 4.79 Å². The van der Waals surface area contributed by atoms with Gasteiger partial charge >= 0.3 is 0 Å². The third kappa shape index (κ3) is 7.13. The molecule has 2 N–H and O–H groups in total. The van der Waals surface area contributed by atoms with Gasteiger partial charge in [0.15, 0.2) is 5.96 Å². The van der Waals surface area contributed by atoms with E-state index >= 15 is 0 Å². The number of hydrogen-bond donors (Lipinski definition) is 2. The standard InChI is InChI=1S/C17H33N5O.HI/c1-4-18-17(20-13-15(21(2)3)14-8-9-14)19-10-6-12-22-11-5-7-16(22)23;/h14-15H,4-13H2,1-3H3,(H2,18,19,20);1H. The Morgan fingerprint density at radius 1 is 1.38 bits per heavy atom. The van der Waals surface area contributed by atoms with Gasteiger partial charge in [0.1, 0.15) is 0 Å². The molecule has 1 atom stereocenters. The summed E-state index contributed by atoms with van der Waals surface area (Å²) in [6.45, 7) is 6.44. The van der Waals surface area contributed by atoms with Crippen LogP contribution in [-0.4, -0.2) is 74.5 Å². The normalized spacial score (nSPS) is 19.4. The number of halogens is 1. The lowest BCUT2D eigenvalue weighted by Gasteiger charge is -2.23. The molecule has 2 rings (SSSR count). The molecule has 1 unspecified atom stereocenters. The van der Waals surface area contributed by atoms with E-state index in [-0.39, 0.29) is 24.0 Å². The number of carbonyl (C=O) groups is 1.